The summed E-state index contributed by atoms with van der Waals surface area (Å²) < 4.78 is 54.8. The lowest BCUT2D eigenvalue weighted by Gasteiger charge is -2.35. The highest BCUT2D eigenvalue weighted by atomic mass is 32.1. The van der Waals surface area contributed by atoms with Gasteiger partial charge in [0, 0.05) is 61.7 Å². The van der Waals surface area contributed by atoms with Crippen LogP contribution in [0.2, 0.25) is 0 Å². The second-order valence-corrected chi connectivity index (χ2v) is 11.8. The van der Waals surface area contributed by atoms with Crippen LogP contribution in [-0.4, -0.2) is 81.1 Å². The lowest BCUT2D eigenvalue weighted by molar-refractivity contribution is -0.138. The summed E-state index contributed by atoms with van der Waals surface area (Å²) in [6.45, 7) is 7.25. The van der Waals surface area contributed by atoms with Gasteiger partial charge in [-0.25, -0.2) is 19.3 Å². The van der Waals surface area contributed by atoms with Crippen molar-refractivity contribution in [2.24, 2.45) is 0 Å². The third-order valence-electron chi connectivity index (χ3n) is 7.68. The molecule has 2 N–H and O–H groups in total. The third kappa shape index (κ3) is 7.53. The Hall–Kier alpha value is -3.36. The van der Waals surface area contributed by atoms with Crippen LogP contribution in [0.1, 0.15) is 43.0 Å². The van der Waals surface area contributed by atoms with Gasteiger partial charge >= 0.3 is 12.1 Å². The number of carboxylic acid groups (broad SMARTS) is 1. The summed E-state index contributed by atoms with van der Waals surface area (Å²) in [7, 11) is 0. The zero-order chi connectivity index (χ0) is 29.9. The minimum Gasteiger partial charge on any atom is -0.481 e. The van der Waals surface area contributed by atoms with E-state index in [4.69, 9.17) is 5.11 Å². The molecular weight excluding hydrogens is 574 g/mol. The average Bonchev–Trinajstić information content (AvgIpc) is 3.53. The van der Waals surface area contributed by atoms with E-state index in [-0.39, 0.29) is 12.0 Å². The first-order chi connectivity index (χ1) is 20.0. The van der Waals surface area contributed by atoms with Gasteiger partial charge in [-0.1, -0.05) is 11.3 Å². The van der Waals surface area contributed by atoms with Crippen molar-refractivity contribution in [1.29, 1.82) is 0 Å². The molecule has 1 aromatic carbocycles. The minimum absolute atomic E-state index is 0.0816. The van der Waals surface area contributed by atoms with Gasteiger partial charge in [0.05, 0.1) is 11.3 Å². The lowest BCUT2D eigenvalue weighted by Crippen LogP contribution is -2.47. The number of aliphatic carboxylic acids is 1. The molecule has 14 heteroatoms. The Morgan fingerprint density at radius 3 is 2.60 bits per heavy atom. The molecule has 0 unspecified atom stereocenters. The molecular formula is C28H33F4N7O2S. The number of anilines is 3. The zero-order valence-corrected chi connectivity index (χ0v) is 24.0. The number of hydrogen-bond donors (Lipinski definition) is 2. The van der Waals surface area contributed by atoms with E-state index >= 15 is 0 Å². The van der Waals surface area contributed by atoms with Crippen molar-refractivity contribution < 1.29 is 27.5 Å². The fourth-order valence-electron chi connectivity index (χ4n) is 5.39. The number of carbonyl (C=O) groups is 1. The van der Waals surface area contributed by atoms with E-state index in [1.165, 1.54) is 17.7 Å². The van der Waals surface area contributed by atoms with Crippen molar-refractivity contribution in [3.63, 3.8) is 0 Å². The number of thiazole rings is 1. The highest BCUT2D eigenvalue weighted by Crippen LogP contribution is 2.38. The number of carboxylic acids is 1. The molecule has 2 aromatic heterocycles. The van der Waals surface area contributed by atoms with E-state index in [0.29, 0.717) is 41.7 Å². The fraction of sp³-hybridized carbons (Fsp3) is 0.500. The van der Waals surface area contributed by atoms with Crippen molar-refractivity contribution in [1.82, 2.24) is 24.8 Å². The first-order valence-electron chi connectivity index (χ1n) is 14.0. The van der Waals surface area contributed by atoms with E-state index in [9.17, 15) is 22.4 Å². The zero-order valence-electron chi connectivity index (χ0n) is 23.2. The molecule has 2 fully saturated rings. The van der Waals surface area contributed by atoms with Crippen LogP contribution in [0, 0.1) is 5.82 Å². The van der Waals surface area contributed by atoms with Gasteiger partial charge in [-0.15, -0.1) is 0 Å². The van der Waals surface area contributed by atoms with Crippen LogP contribution in [0.25, 0.3) is 11.3 Å². The molecule has 0 spiro atoms. The first-order valence-corrected chi connectivity index (χ1v) is 14.8. The Bertz CT molecular complexity index is 1390. The number of alkyl halides is 3. The quantitative estimate of drug-likeness (QED) is 0.291. The summed E-state index contributed by atoms with van der Waals surface area (Å²) in [6.07, 6.45) is -0.393. The highest BCUT2D eigenvalue weighted by molar-refractivity contribution is 7.16. The number of rotatable bonds is 10. The molecule has 0 bridgehead atoms. The van der Waals surface area contributed by atoms with Crippen molar-refractivity contribution >= 4 is 34.1 Å². The largest absolute Gasteiger partial charge is 0.481 e. The van der Waals surface area contributed by atoms with Crippen LogP contribution >= 0.6 is 11.3 Å². The van der Waals surface area contributed by atoms with Crippen LogP contribution in [0.15, 0.2) is 30.6 Å². The predicted molar refractivity (Wildman–Crippen MR) is 152 cm³/mol. The Kier molecular flexibility index (Phi) is 9.23. The summed E-state index contributed by atoms with van der Waals surface area (Å²) in [5.74, 6) is -0.548. The van der Waals surface area contributed by atoms with Gasteiger partial charge in [0.25, 0.3) is 0 Å². The Balaban J connectivity index is 1.34. The molecule has 0 amide bonds. The molecule has 2 saturated heterocycles. The maximum atomic E-state index is 14.3. The van der Waals surface area contributed by atoms with E-state index < -0.39 is 23.5 Å². The van der Waals surface area contributed by atoms with Crippen LogP contribution < -0.4 is 10.2 Å². The number of piperazine rings is 1. The van der Waals surface area contributed by atoms with Gasteiger partial charge < -0.3 is 15.3 Å². The minimum atomic E-state index is -4.68. The van der Waals surface area contributed by atoms with Gasteiger partial charge in [-0.2, -0.15) is 13.2 Å². The smallest absolute Gasteiger partial charge is 0.416 e. The number of halogens is 4. The van der Waals surface area contributed by atoms with Gasteiger partial charge in [0.1, 0.15) is 23.8 Å². The van der Waals surface area contributed by atoms with Gasteiger partial charge in [0.2, 0.25) is 0 Å². The Morgan fingerprint density at radius 1 is 1.12 bits per heavy atom. The molecule has 0 radical (unpaired) electrons. The molecule has 42 heavy (non-hydrogen) atoms. The predicted octanol–water partition coefficient (Wildman–Crippen LogP) is 5.47. The van der Waals surface area contributed by atoms with E-state index in [1.807, 2.05) is 0 Å². The van der Waals surface area contributed by atoms with E-state index in [2.05, 4.69) is 41.9 Å². The molecule has 1 atom stereocenters. The standard InChI is InChI=1S/C28H33F4N7O2S/c1-18-4-2-7-39(18)16-22-26(19-12-20(28(30,31)32)14-21(29)13-19)36-27(42-22)35-23-15-24(34-17-33-23)38-10-8-37(9-11-38)6-3-5-25(40)41/h12-15,17-18H,2-11,16H2,1H3,(H,40,41)(H,33,34,35,36)/t18-/m1/s1. The SMILES string of the molecule is C[C@@H]1CCCN1Cc1sc(Nc2cc(N3CCN(CCCC(=O)O)CC3)ncn2)nc1-c1cc(F)cc(C(F)(F)F)c1. The molecule has 3 aromatic rings. The van der Waals surface area contributed by atoms with Crippen LogP contribution in [0.5, 0.6) is 0 Å². The second kappa shape index (κ2) is 12.9. The summed E-state index contributed by atoms with van der Waals surface area (Å²) in [5, 5.41) is 12.5. The topological polar surface area (TPSA) is 97.7 Å². The Labute approximate surface area is 245 Å². The van der Waals surface area contributed by atoms with Gasteiger partial charge in [-0.3, -0.25) is 14.6 Å². The number of nitrogens with one attached hydrogen (secondary N) is 1. The van der Waals surface area contributed by atoms with Crippen molar-refractivity contribution in [3.05, 3.63) is 46.9 Å². The highest BCUT2D eigenvalue weighted by Gasteiger charge is 2.32. The maximum absolute atomic E-state index is 14.3. The lowest BCUT2D eigenvalue weighted by atomic mass is 10.1. The van der Waals surface area contributed by atoms with Crippen LogP contribution in [0.3, 0.4) is 0 Å². The summed E-state index contributed by atoms with van der Waals surface area (Å²) in [6, 6.07) is 4.66. The fourth-order valence-corrected chi connectivity index (χ4v) is 6.41. The molecule has 4 heterocycles. The maximum Gasteiger partial charge on any atom is 0.416 e. The number of hydrogen-bond acceptors (Lipinski definition) is 9. The first kappa shape index (κ1) is 30.1. The summed E-state index contributed by atoms with van der Waals surface area (Å²) in [4.78, 5) is 31.5. The van der Waals surface area contributed by atoms with Crippen LogP contribution in [-0.2, 0) is 17.5 Å². The van der Waals surface area contributed by atoms with Crippen molar-refractivity contribution in [2.45, 2.75) is 51.4 Å². The van der Waals surface area contributed by atoms with Crippen LogP contribution in [0.4, 0.5) is 34.3 Å². The third-order valence-corrected chi connectivity index (χ3v) is 8.64. The van der Waals surface area contributed by atoms with E-state index in [0.717, 1.165) is 74.9 Å². The molecule has 0 aliphatic carbocycles. The molecule has 9 nitrogen and oxygen atoms in total. The van der Waals surface area contributed by atoms with Gasteiger partial charge in [0.15, 0.2) is 5.13 Å². The molecule has 5 rings (SSSR count). The summed E-state index contributed by atoms with van der Waals surface area (Å²) in [5.41, 5.74) is -0.652. The van der Waals surface area contributed by atoms with Crippen molar-refractivity contribution in [3.8, 4) is 11.3 Å². The van der Waals surface area contributed by atoms with Crippen molar-refractivity contribution in [2.75, 3.05) is 49.5 Å². The molecule has 2 aliphatic heterocycles. The molecule has 226 valence electrons. The van der Waals surface area contributed by atoms with E-state index in [1.54, 1.807) is 6.07 Å². The number of nitrogens with zero attached hydrogens (tertiary/aromatic N) is 6. The molecule has 2 aliphatic rings. The monoisotopic (exact) mass is 607 g/mol. The number of likely N-dealkylation sites (tertiary alicyclic amines) is 1. The average molecular weight is 608 g/mol. The summed E-state index contributed by atoms with van der Waals surface area (Å²) >= 11 is 1.32. The number of aromatic nitrogens is 3. The second-order valence-electron chi connectivity index (χ2n) is 10.7. The molecule has 0 saturated carbocycles. The normalized spacial score (nSPS) is 18.5. The van der Waals surface area contributed by atoms with Gasteiger partial charge in [-0.05, 0) is 57.5 Å². The number of benzene rings is 1. The Morgan fingerprint density at radius 2 is 1.90 bits per heavy atom.